The van der Waals surface area contributed by atoms with Gasteiger partial charge in [-0.3, -0.25) is 0 Å². The Labute approximate surface area is 118 Å². The maximum absolute atomic E-state index is 5.58. The Morgan fingerprint density at radius 1 is 0.842 bits per heavy atom. The van der Waals surface area contributed by atoms with Gasteiger partial charge in [0, 0.05) is 18.8 Å². The molecule has 0 amide bonds. The van der Waals surface area contributed by atoms with Gasteiger partial charge in [0.15, 0.2) is 0 Å². The summed E-state index contributed by atoms with van der Waals surface area (Å²) in [5.74, 6) is 0. The lowest BCUT2D eigenvalue weighted by Gasteiger charge is -2.07. The van der Waals surface area contributed by atoms with Crippen LogP contribution >= 0.6 is 0 Å². The average Bonchev–Trinajstić information content (AvgIpc) is 2.46. The van der Waals surface area contributed by atoms with Crippen molar-refractivity contribution in [2.75, 3.05) is 11.9 Å². The van der Waals surface area contributed by atoms with Gasteiger partial charge in [-0.1, -0.05) is 64.0 Å². The molecule has 0 saturated heterocycles. The Morgan fingerprint density at radius 2 is 1.42 bits per heavy atom. The molecule has 0 spiro atoms. The van der Waals surface area contributed by atoms with Gasteiger partial charge >= 0.3 is 0 Å². The van der Waals surface area contributed by atoms with Crippen LogP contribution in [0.15, 0.2) is 24.3 Å². The third kappa shape index (κ3) is 7.89. The summed E-state index contributed by atoms with van der Waals surface area (Å²) in [6.45, 7) is 3.97. The Bertz CT molecular complexity index is 306. The van der Waals surface area contributed by atoms with Gasteiger partial charge in [-0.25, -0.2) is 0 Å². The first kappa shape index (κ1) is 16.0. The number of anilines is 1. The van der Waals surface area contributed by atoms with E-state index < -0.39 is 0 Å². The van der Waals surface area contributed by atoms with Crippen LogP contribution in [0.4, 0.5) is 5.69 Å². The van der Waals surface area contributed by atoms with Crippen LogP contribution in [0.25, 0.3) is 0 Å². The minimum absolute atomic E-state index is 0.623. The molecule has 1 aromatic rings. The highest BCUT2D eigenvalue weighted by Gasteiger charge is 1.94. The zero-order valence-electron chi connectivity index (χ0n) is 12.5. The summed E-state index contributed by atoms with van der Waals surface area (Å²) in [5.41, 5.74) is 7.98. The summed E-state index contributed by atoms with van der Waals surface area (Å²) in [4.78, 5) is 0. The van der Waals surface area contributed by atoms with Crippen LogP contribution in [0.2, 0.25) is 0 Å². The number of unbranched alkanes of at least 4 members (excludes halogenated alkanes) is 7. The van der Waals surface area contributed by atoms with Crippen LogP contribution in [0.1, 0.15) is 63.9 Å². The summed E-state index contributed by atoms with van der Waals surface area (Å²) in [5, 5.41) is 3.47. The van der Waals surface area contributed by atoms with Gasteiger partial charge in [-0.05, 0) is 24.1 Å². The zero-order valence-corrected chi connectivity index (χ0v) is 12.5. The standard InChI is InChI=1S/C17H30N2/c1-2-3-4-5-6-7-8-9-14-19-17-12-10-16(15-18)11-13-17/h10-13,19H,2-9,14-15,18H2,1H3. The predicted molar refractivity (Wildman–Crippen MR) is 85.4 cm³/mol. The van der Waals surface area contributed by atoms with E-state index in [9.17, 15) is 0 Å². The lowest BCUT2D eigenvalue weighted by atomic mass is 10.1. The van der Waals surface area contributed by atoms with Crippen LogP contribution in [0, 0.1) is 0 Å². The minimum atomic E-state index is 0.623. The zero-order chi connectivity index (χ0) is 13.8. The van der Waals surface area contributed by atoms with Gasteiger partial charge in [0.25, 0.3) is 0 Å². The molecule has 0 aliphatic carbocycles. The molecule has 0 aliphatic heterocycles. The second kappa shape index (κ2) is 10.9. The molecule has 108 valence electrons. The molecule has 1 rings (SSSR count). The van der Waals surface area contributed by atoms with Crippen LogP contribution in [-0.2, 0) is 6.54 Å². The monoisotopic (exact) mass is 262 g/mol. The SMILES string of the molecule is CCCCCCCCCCNc1ccc(CN)cc1. The van der Waals surface area contributed by atoms with Crippen LogP contribution in [0.3, 0.4) is 0 Å². The van der Waals surface area contributed by atoms with Crippen molar-refractivity contribution in [3.63, 3.8) is 0 Å². The molecule has 0 aromatic heterocycles. The van der Waals surface area contributed by atoms with Gasteiger partial charge in [0.05, 0.1) is 0 Å². The molecule has 2 nitrogen and oxygen atoms in total. The van der Waals surface area contributed by atoms with E-state index in [-0.39, 0.29) is 0 Å². The van der Waals surface area contributed by atoms with Crippen molar-refractivity contribution in [2.45, 2.75) is 64.8 Å². The molecule has 0 atom stereocenters. The van der Waals surface area contributed by atoms with Crippen molar-refractivity contribution in [3.8, 4) is 0 Å². The number of nitrogens with one attached hydrogen (secondary N) is 1. The Balaban J connectivity index is 1.95. The highest BCUT2D eigenvalue weighted by molar-refractivity contribution is 5.44. The maximum atomic E-state index is 5.58. The first-order chi connectivity index (χ1) is 9.36. The largest absolute Gasteiger partial charge is 0.385 e. The molecule has 0 unspecified atom stereocenters. The van der Waals surface area contributed by atoms with Crippen LogP contribution in [-0.4, -0.2) is 6.54 Å². The third-order valence-corrected chi connectivity index (χ3v) is 3.55. The smallest absolute Gasteiger partial charge is 0.0340 e. The summed E-state index contributed by atoms with van der Waals surface area (Å²) in [6.07, 6.45) is 11.0. The fourth-order valence-electron chi connectivity index (χ4n) is 2.25. The van der Waals surface area contributed by atoms with Gasteiger partial charge in [0.2, 0.25) is 0 Å². The minimum Gasteiger partial charge on any atom is -0.385 e. The first-order valence-electron chi connectivity index (χ1n) is 7.89. The van der Waals surface area contributed by atoms with Crippen molar-refractivity contribution >= 4 is 5.69 Å². The number of benzene rings is 1. The van der Waals surface area contributed by atoms with E-state index in [1.807, 2.05) is 0 Å². The second-order valence-electron chi connectivity index (χ2n) is 5.30. The van der Waals surface area contributed by atoms with Crippen molar-refractivity contribution < 1.29 is 0 Å². The normalized spacial score (nSPS) is 10.6. The summed E-state index contributed by atoms with van der Waals surface area (Å²) < 4.78 is 0. The predicted octanol–water partition coefficient (Wildman–Crippen LogP) is 4.70. The van der Waals surface area contributed by atoms with Gasteiger partial charge in [-0.15, -0.1) is 0 Å². The molecule has 0 saturated carbocycles. The van der Waals surface area contributed by atoms with Gasteiger partial charge < -0.3 is 11.1 Å². The fraction of sp³-hybridized carbons (Fsp3) is 0.647. The number of nitrogens with two attached hydrogens (primary N) is 1. The molecule has 0 radical (unpaired) electrons. The van der Waals surface area contributed by atoms with E-state index >= 15 is 0 Å². The topological polar surface area (TPSA) is 38.0 Å². The Morgan fingerprint density at radius 3 is 2.00 bits per heavy atom. The molecule has 0 heterocycles. The van der Waals surface area contributed by atoms with Crippen LogP contribution < -0.4 is 11.1 Å². The molecule has 0 fully saturated rings. The fourth-order valence-corrected chi connectivity index (χ4v) is 2.25. The van der Waals surface area contributed by atoms with Gasteiger partial charge in [-0.2, -0.15) is 0 Å². The van der Waals surface area contributed by atoms with Crippen LogP contribution in [0.5, 0.6) is 0 Å². The van der Waals surface area contributed by atoms with E-state index in [2.05, 4.69) is 36.5 Å². The van der Waals surface area contributed by atoms with Crippen molar-refractivity contribution in [2.24, 2.45) is 5.73 Å². The number of rotatable bonds is 11. The maximum Gasteiger partial charge on any atom is 0.0340 e. The van der Waals surface area contributed by atoms with E-state index in [0.717, 1.165) is 6.54 Å². The lowest BCUT2D eigenvalue weighted by Crippen LogP contribution is -2.02. The number of hydrogen-bond donors (Lipinski definition) is 2. The van der Waals surface area contributed by atoms with E-state index in [0.29, 0.717) is 6.54 Å². The molecular formula is C17H30N2. The molecular weight excluding hydrogens is 232 g/mol. The first-order valence-corrected chi connectivity index (χ1v) is 7.89. The number of hydrogen-bond acceptors (Lipinski definition) is 2. The average molecular weight is 262 g/mol. The van der Waals surface area contributed by atoms with E-state index in [4.69, 9.17) is 5.73 Å². The Kier molecular flexibility index (Phi) is 9.17. The highest BCUT2D eigenvalue weighted by Crippen LogP contribution is 2.11. The quantitative estimate of drug-likeness (QED) is 0.567. The molecule has 19 heavy (non-hydrogen) atoms. The summed E-state index contributed by atoms with van der Waals surface area (Å²) >= 11 is 0. The molecule has 0 bridgehead atoms. The molecule has 1 aromatic carbocycles. The molecule has 3 N–H and O–H groups in total. The summed E-state index contributed by atoms with van der Waals surface area (Å²) in [6, 6.07) is 8.42. The molecule has 2 heteroatoms. The third-order valence-electron chi connectivity index (χ3n) is 3.55. The van der Waals surface area contributed by atoms with Crippen molar-refractivity contribution in [1.29, 1.82) is 0 Å². The van der Waals surface area contributed by atoms with Gasteiger partial charge in [0.1, 0.15) is 0 Å². The van der Waals surface area contributed by atoms with Crippen molar-refractivity contribution in [1.82, 2.24) is 0 Å². The summed E-state index contributed by atoms with van der Waals surface area (Å²) in [7, 11) is 0. The van der Waals surface area contributed by atoms with Crippen molar-refractivity contribution in [3.05, 3.63) is 29.8 Å². The molecule has 0 aliphatic rings. The lowest BCUT2D eigenvalue weighted by molar-refractivity contribution is 0.581. The Hall–Kier alpha value is -1.02. The highest BCUT2D eigenvalue weighted by atomic mass is 14.9. The van der Waals surface area contributed by atoms with E-state index in [1.54, 1.807) is 0 Å². The second-order valence-corrected chi connectivity index (χ2v) is 5.30. The van der Waals surface area contributed by atoms with E-state index in [1.165, 1.54) is 62.6 Å².